The number of nitrogens with two attached hydrogens (primary N) is 1. The van der Waals surface area contributed by atoms with Gasteiger partial charge in [0.15, 0.2) is 5.84 Å². The molecule has 0 aromatic carbocycles. The third-order valence-corrected chi connectivity index (χ3v) is 2.41. The van der Waals surface area contributed by atoms with Gasteiger partial charge in [-0.15, -0.1) is 0 Å². The summed E-state index contributed by atoms with van der Waals surface area (Å²) in [4.78, 5) is 11.9. The molecule has 1 aromatic heterocycles. The van der Waals surface area contributed by atoms with Crippen molar-refractivity contribution in [1.82, 2.24) is 15.1 Å². The molecule has 0 fully saturated rings. The Hall–Kier alpha value is -2.05. The van der Waals surface area contributed by atoms with Crippen molar-refractivity contribution in [2.24, 2.45) is 17.9 Å². The lowest BCUT2D eigenvalue weighted by atomic mass is 10.1. The fourth-order valence-electron chi connectivity index (χ4n) is 1.48. The maximum Gasteiger partial charge on any atom is 0.270 e. The van der Waals surface area contributed by atoms with Gasteiger partial charge in [0.1, 0.15) is 5.69 Å². The second-order valence-electron chi connectivity index (χ2n) is 3.68. The van der Waals surface area contributed by atoms with E-state index in [1.165, 1.54) is 10.9 Å². The first kappa shape index (κ1) is 13.0. The number of nitrogens with zero attached hydrogens (tertiary/aromatic N) is 3. The van der Waals surface area contributed by atoms with Crippen LogP contribution in [-0.2, 0) is 7.05 Å². The highest BCUT2D eigenvalue weighted by molar-refractivity contribution is 5.97. The summed E-state index contributed by atoms with van der Waals surface area (Å²) in [5, 5.41) is 18.1. The molecule has 0 aliphatic rings. The summed E-state index contributed by atoms with van der Waals surface area (Å²) in [7, 11) is 1.67. The van der Waals surface area contributed by atoms with Crippen LogP contribution in [0.3, 0.4) is 0 Å². The minimum Gasteiger partial charge on any atom is -0.409 e. The molecule has 0 bridgehead atoms. The Kier molecular flexibility index (Phi) is 4.50. The maximum atomic E-state index is 11.9. The van der Waals surface area contributed by atoms with Crippen LogP contribution < -0.4 is 11.1 Å². The van der Waals surface area contributed by atoms with Gasteiger partial charge in [0.25, 0.3) is 5.91 Å². The fourth-order valence-corrected chi connectivity index (χ4v) is 1.48. The minimum absolute atomic E-state index is 0.00219. The Balaban J connectivity index is 2.74. The van der Waals surface area contributed by atoms with Crippen LogP contribution in [0.1, 0.15) is 30.3 Å². The summed E-state index contributed by atoms with van der Waals surface area (Å²) in [5.74, 6) is -0.294. The van der Waals surface area contributed by atoms with E-state index in [1.807, 2.05) is 6.92 Å². The topological polar surface area (TPSA) is 106 Å². The Morgan fingerprint density at radius 2 is 2.47 bits per heavy atom. The third kappa shape index (κ3) is 3.20. The second kappa shape index (κ2) is 5.88. The number of carbonyl (C=O) groups excluding carboxylic acids is 1. The molecule has 1 rings (SSSR count). The van der Waals surface area contributed by atoms with Gasteiger partial charge >= 0.3 is 0 Å². The standard InChI is InChI=1S/C10H17N5O2/c1-3-4-7(9(11)14-17)13-10(16)8-5-6-12-15(8)2/h5-7,17H,3-4H2,1-2H3,(H2,11,14)(H,13,16). The van der Waals surface area contributed by atoms with Crippen molar-refractivity contribution in [2.45, 2.75) is 25.8 Å². The largest absolute Gasteiger partial charge is 0.409 e. The quantitative estimate of drug-likeness (QED) is 0.292. The van der Waals surface area contributed by atoms with Gasteiger partial charge in [-0.25, -0.2) is 0 Å². The number of carbonyl (C=O) groups is 1. The van der Waals surface area contributed by atoms with Crippen LogP contribution in [0.25, 0.3) is 0 Å². The number of hydrogen-bond donors (Lipinski definition) is 3. The van der Waals surface area contributed by atoms with Gasteiger partial charge in [0.05, 0.1) is 6.04 Å². The van der Waals surface area contributed by atoms with Gasteiger partial charge in [0, 0.05) is 13.2 Å². The number of hydrogen-bond acceptors (Lipinski definition) is 4. The molecule has 7 nitrogen and oxygen atoms in total. The van der Waals surface area contributed by atoms with Crippen LogP contribution >= 0.6 is 0 Å². The first-order valence-corrected chi connectivity index (χ1v) is 5.36. The molecule has 4 N–H and O–H groups in total. The van der Waals surface area contributed by atoms with Crippen LogP contribution in [-0.4, -0.2) is 32.8 Å². The molecule has 0 saturated carbocycles. The molecular formula is C10H17N5O2. The molecule has 17 heavy (non-hydrogen) atoms. The number of aryl methyl sites for hydroxylation is 1. The Morgan fingerprint density at radius 3 is 2.94 bits per heavy atom. The van der Waals surface area contributed by atoms with Crippen LogP contribution in [0, 0.1) is 0 Å². The van der Waals surface area contributed by atoms with Crippen molar-refractivity contribution in [3.63, 3.8) is 0 Å². The summed E-state index contributed by atoms with van der Waals surface area (Å²) in [5.41, 5.74) is 5.93. The number of nitrogens with one attached hydrogen (secondary N) is 1. The van der Waals surface area contributed by atoms with Crippen molar-refractivity contribution < 1.29 is 10.0 Å². The van der Waals surface area contributed by atoms with E-state index in [-0.39, 0.29) is 11.7 Å². The highest BCUT2D eigenvalue weighted by atomic mass is 16.4. The predicted octanol–water partition coefficient (Wildman–Crippen LogP) is 0.0650. The first-order chi connectivity index (χ1) is 8.10. The smallest absolute Gasteiger partial charge is 0.270 e. The average molecular weight is 239 g/mol. The molecule has 1 aromatic rings. The van der Waals surface area contributed by atoms with Gasteiger partial charge < -0.3 is 16.3 Å². The molecule has 0 spiro atoms. The van der Waals surface area contributed by atoms with Crippen molar-refractivity contribution in [2.75, 3.05) is 0 Å². The van der Waals surface area contributed by atoms with Crippen molar-refractivity contribution in [3.8, 4) is 0 Å². The Bertz CT molecular complexity index is 413. The number of aromatic nitrogens is 2. The molecule has 94 valence electrons. The van der Waals surface area contributed by atoms with E-state index in [9.17, 15) is 4.79 Å². The predicted molar refractivity (Wildman–Crippen MR) is 62.8 cm³/mol. The Morgan fingerprint density at radius 1 is 1.76 bits per heavy atom. The minimum atomic E-state index is -0.465. The molecule has 1 amide bonds. The van der Waals surface area contributed by atoms with Crippen LogP contribution in [0.15, 0.2) is 17.4 Å². The lowest BCUT2D eigenvalue weighted by Gasteiger charge is -2.16. The summed E-state index contributed by atoms with van der Waals surface area (Å²) in [6, 6.07) is 1.14. The molecule has 1 atom stereocenters. The monoisotopic (exact) mass is 239 g/mol. The van der Waals surface area contributed by atoms with Crippen LogP contribution in [0.4, 0.5) is 0 Å². The number of amidine groups is 1. The highest BCUT2D eigenvalue weighted by Gasteiger charge is 2.18. The normalized spacial score (nSPS) is 13.4. The highest BCUT2D eigenvalue weighted by Crippen LogP contribution is 2.01. The van der Waals surface area contributed by atoms with E-state index in [4.69, 9.17) is 10.9 Å². The molecule has 0 aliphatic heterocycles. The van der Waals surface area contributed by atoms with Gasteiger partial charge in [-0.05, 0) is 12.5 Å². The number of amides is 1. The van der Waals surface area contributed by atoms with E-state index in [0.717, 1.165) is 6.42 Å². The Labute approximate surface area is 99.3 Å². The zero-order valence-corrected chi connectivity index (χ0v) is 9.92. The first-order valence-electron chi connectivity index (χ1n) is 5.36. The SMILES string of the molecule is CCCC(NC(=O)c1ccnn1C)/C(N)=N/O. The fraction of sp³-hybridized carbons (Fsp3) is 0.500. The molecule has 0 aliphatic carbocycles. The molecule has 0 radical (unpaired) electrons. The van der Waals surface area contributed by atoms with Gasteiger partial charge in [0.2, 0.25) is 0 Å². The van der Waals surface area contributed by atoms with Crippen LogP contribution in [0.5, 0.6) is 0 Å². The lowest BCUT2D eigenvalue weighted by Crippen LogP contribution is -2.45. The van der Waals surface area contributed by atoms with Crippen LogP contribution in [0.2, 0.25) is 0 Å². The molecular weight excluding hydrogens is 222 g/mol. The molecule has 1 heterocycles. The number of rotatable bonds is 5. The lowest BCUT2D eigenvalue weighted by molar-refractivity contribution is 0.0935. The van der Waals surface area contributed by atoms with E-state index < -0.39 is 6.04 Å². The zero-order valence-electron chi connectivity index (χ0n) is 9.92. The third-order valence-electron chi connectivity index (χ3n) is 2.41. The van der Waals surface area contributed by atoms with Gasteiger partial charge in [-0.3, -0.25) is 9.48 Å². The summed E-state index contributed by atoms with van der Waals surface area (Å²) in [6.07, 6.45) is 2.96. The molecule has 7 heteroatoms. The summed E-state index contributed by atoms with van der Waals surface area (Å²) in [6.45, 7) is 1.95. The number of oxime groups is 1. The van der Waals surface area contributed by atoms with Crippen molar-refractivity contribution in [1.29, 1.82) is 0 Å². The van der Waals surface area contributed by atoms with E-state index >= 15 is 0 Å². The van der Waals surface area contributed by atoms with E-state index in [2.05, 4.69) is 15.6 Å². The van der Waals surface area contributed by atoms with Gasteiger partial charge in [-0.1, -0.05) is 18.5 Å². The van der Waals surface area contributed by atoms with Crippen molar-refractivity contribution >= 4 is 11.7 Å². The van der Waals surface area contributed by atoms with Gasteiger partial charge in [-0.2, -0.15) is 5.10 Å². The zero-order chi connectivity index (χ0) is 12.8. The second-order valence-corrected chi connectivity index (χ2v) is 3.68. The molecule has 1 unspecified atom stereocenters. The summed E-state index contributed by atoms with van der Waals surface area (Å²) < 4.78 is 1.46. The summed E-state index contributed by atoms with van der Waals surface area (Å²) >= 11 is 0. The molecule has 0 saturated heterocycles. The van der Waals surface area contributed by atoms with E-state index in [1.54, 1.807) is 13.1 Å². The average Bonchev–Trinajstić information content (AvgIpc) is 2.73. The maximum absolute atomic E-state index is 11.9. The van der Waals surface area contributed by atoms with E-state index in [0.29, 0.717) is 12.1 Å². The van der Waals surface area contributed by atoms with Crippen molar-refractivity contribution in [3.05, 3.63) is 18.0 Å².